The molecule has 2 N–H and O–H groups in total. The number of hydrogen-bond acceptors (Lipinski definition) is 2. The second-order valence-corrected chi connectivity index (χ2v) is 4.48. The van der Waals surface area contributed by atoms with Gasteiger partial charge in [0.2, 0.25) is 0 Å². The lowest BCUT2D eigenvalue weighted by atomic mass is 9.96. The molecule has 0 saturated heterocycles. The van der Waals surface area contributed by atoms with Crippen molar-refractivity contribution in [3.8, 4) is 0 Å². The maximum absolute atomic E-state index is 13.4. The number of nitrogens with one attached hydrogen (secondary N) is 1. The summed E-state index contributed by atoms with van der Waals surface area (Å²) in [5.41, 5.74) is -1.01. The van der Waals surface area contributed by atoms with Gasteiger partial charge in [-0.05, 0) is 31.5 Å². The minimum absolute atomic E-state index is 0.0214. The summed E-state index contributed by atoms with van der Waals surface area (Å²) in [5.74, 6) is -2.09. The Hall–Kier alpha value is -1.49. The normalized spacial score (nSPS) is 14.2. The van der Waals surface area contributed by atoms with Crippen LogP contribution in [0.3, 0.4) is 0 Å². The van der Waals surface area contributed by atoms with Gasteiger partial charge in [0, 0.05) is 12.1 Å². The molecule has 0 aliphatic carbocycles. The van der Waals surface area contributed by atoms with Crippen LogP contribution in [0.2, 0.25) is 0 Å². The molecule has 1 unspecified atom stereocenters. The van der Waals surface area contributed by atoms with Crippen molar-refractivity contribution >= 4 is 5.97 Å². The van der Waals surface area contributed by atoms with Gasteiger partial charge in [0.05, 0.1) is 0 Å². The molecule has 0 aliphatic heterocycles. The molecule has 0 amide bonds. The van der Waals surface area contributed by atoms with Crippen LogP contribution >= 0.6 is 0 Å². The number of halogens is 2. The number of carbonyl (C=O) groups is 1. The topological polar surface area (TPSA) is 49.3 Å². The molecule has 1 rings (SSSR count). The molecule has 0 aliphatic rings. The molecule has 0 bridgehead atoms. The van der Waals surface area contributed by atoms with Crippen molar-refractivity contribution in [2.75, 3.05) is 0 Å². The van der Waals surface area contributed by atoms with E-state index in [4.69, 9.17) is 5.11 Å². The van der Waals surface area contributed by atoms with Gasteiger partial charge in [-0.3, -0.25) is 10.1 Å². The third-order valence-electron chi connectivity index (χ3n) is 2.90. The highest BCUT2D eigenvalue weighted by atomic mass is 19.1. The monoisotopic (exact) mass is 257 g/mol. The Kier molecular flexibility index (Phi) is 4.78. The average molecular weight is 257 g/mol. The van der Waals surface area contributed by atoms with E-state index in [0.717, 1.165) is 18.2 Å². The van der Waals surface area contributed by atoms with Crippen molar-refractivity contribution in [1.82, 2.24) is 5.32 Å². The van der Waals surface area contributed by atoms with Crippen molar-refractivity contribution in [2.45, 2.75) is 38.8 Å². The van der Waals surface area contributed by atoms with Gasteiger partial charge in [0.25, 0.3) is 0 Å². The Balaban J connectivity index is 2.79. The molecule has 5 heteroatoms. The predicted octanol–water partition coefficient (Wildman–Crippen LogP) is 2.70. The minimum Gasteiger partial charge on any atom is -0.480 e. The fourth-order valence-corrected chi connectivity index (χ4v) is 1.74. The standard InChI is InChI=1S/C13H17F2NO2/c1-3-6-13(2,12(17)18)16-8-9-7-10(14)4-5-11(9)15/h4-5,7,16H,3,6,8H2,1-2H3,(H,17,18). The maximum Gasteiger partial charge on any atom is 0.323 e. The summed E-state index contributed by atoms with van der Waals surface area (Å²) in [7, 11) is 0. The molecule has 1 aromatic carbocycles. The third kappa shape index (κ3) is 3.50. The number of hydrogen-bond donors (Lipinski definition) is 2. The van der Waals surface area contributed by atoms with Crippen LogP contribution in [0.1, 0.15) is 32.3 Å². The van der Waals surface area contributed by atoms with Gasteiger partial charge in [-0.25, -0.2) is 8.78 Å². The van der Waals surface area contributed by atoms with E-state index in [9.17, 15) is 13.6 Å². The van der Waals surface area contributed by atoms with Crippen LogP contribution in [0, 0.1) is 11.6 Å². The second kappa shape index (κ2) is 5.91. The largest absolute Gasteiger partial charge is 0.480 e. The van der Waals surface area contributed by atoms with Gasteiger partial charge >= 0.3 is 5.97 Å². The fourth-order valence-electron chi connectivity index (χ4n) is 1.74. The van der Waals surface area contributed by atoms with Crippen molar-refractivity contribution in [2.24, 2.45) is 0 Å². The number of benzene rings is 1. The summed E-state index contributed by atoms with van der Waals surface area (Å²) in [5, 5.41) is 11.9. The summed E-state index contributed by atoms with van der Waals surface area (Å²) in [6, 6.07) is 3.13. The summed E-state index contributed by atoms with van der Waals surface area (Å²) in [6.45, 7) is 3.38. The van der Waals surface area contributed by atoms with Gasteiger partial charge in [0.15, 0.2) is 0 Å². The molecule has 0 saturated carbocycles. The highest BCUT2D eigenvalue weighted by Crippen LogP contribution is 2.15. The molecular formula is C13H17F2NO2. The zero-order chi connectivity index (χ0) is 13.8. The van der Waals surface area contributed by atoms with Crippen molar-refractivity contribution in [3.05, 3.63) is 35.4 Å². The average Bonchev–Trinajstić information content (AvgIpc) is 2.30. The van der Waals surface area contributed by atoms with E-state index in [1.165, 1.54) is 6.92 Å². The van der Waals surface area contributed by atoms with Crippen molar-refractivity contribution in [1.29, 1.82) is 0 Å². The first kappa shape index (κ1) is 14.6. The lowest BCUT2D eigenvalue weighted by Gasteiger charge is -2.26. The third-order valence-corrected chi connectivity index (χ3v) is 2.90. The molecule has 1 atom stereocenters. The van der Waals surface area contributed by atoms with E-state index in [1.54, 1.807) is 0 Å². The van der Waals surface area contributed by atoms with E-state index in [-0.39, 0.29) is 12.1 Å². The first-order valence-electron chi connectivity index (χ1n) is 5.81. The SMILES string of the molecule is CCCC(C)(NCc1cc(F)ccc1F)C(=O)O. The second-order valence-electron chi connectivity index (χ2n) is 4.48. The van der Waals surface area contributed by atoms with Crippen LogP contribution in [0.25, 0.3) is 0 Å². The van der Waals surface area contributed by atoms with Crippen molar-refractivity contribution in [3.63, 3.8) is 0 Å². The highest BCUT2D eigenvalue weighted by Gasteiger charge is 2.31. The van der Waals surface area contributed by atoms with Crippen LogP contribution < -0.4 is 5.32 Å². The molecule has 0 fully saturated rings. The first-order chi connectivity index (χ1) is 8.39. The van der Waals surface area contributed by atoms with Crippen LogP contribution in [0.4, 0.5) is 8.78 Å². The van der Waals surface area contributed by atoms with E-state index in [0.29, 0.717) is 12.8 Å². The van der Waals surface area contributed by atoms with E-state index in [2.05, 4.69) is 5.32 Å². The first-order valence-corrected chi connectivity index (χ1v) is 5.81. The minimum atomic E-state index is -1.13. The Morgan fingerprint density at radius 3 is 2.67 bits per heavy atom. The van der Waals surface area contributed by atoms with Gasteiger partial charge in [0.1, 0.15) is 17.2 Å². The van der Waals surface area contributed by atoms with Crippen LogP contribution in [-0.4, -0.2) is 16.6 Å². The predicted molar refractivity (Wildman–Crippen MR) is 64.1 cm³/mol. The molecule has 100 valence electrons. The number of aliphatic carboxylic acids is 1. The van der Waals surface area contributed by atoms with Gasteiger partial charge in [-0.15, -0.1) is 0 Å². The summed E-state index contributed by atoms with van der Waals surface area (Å²) >= 11 is 0. The van der Waals surface area contributed by atoms with Gasteiger partial charge < -0.3 is 5.11 Å². The zero-order valence-electron chi connectivity index (χ0n) is 10.5. The van der Waals surface area contributed by atoms with Crippen molar-refractivity contribution < 1.29 is 18.7 Å². The molecular weight excluding hydrogens is 240 g/mol. The van der Waals surface area contributed by atoms with Crippen LogP contribution in [0.15, 0.2) is 18.2 Å². The molecule has 0 spiro atoms. The Morgan fingerprint density at radius 1 is 1.44 bits per heavy atom. The lowest BCUT2D eigenvalue weighted by Crippen LogP contribution is -2.49. The summed E-state index contributed by atoms with van der Waals surface area (Å²) in [6.07, 6.45) is 1.10. The van der Waals surface area contributed by atoms with E-state index < -0.39 is 23.1 Å². The molecule has 1 aromatic rings. The number of carboxylic acids is 1. The summed E-state index contributed by atoms with van der Waals surface area (Å²) in [4.78, 5) is 11.2. The quantitative estimate of drug-likeness (QED) is 0.823. The van der Waals surface area contributed by atoms with Crippen LogP contribution in [-0.2, 0) is 11.3 Å². The Morgan fingerprint density at radius 2 is 2.11 bits per heavy atom. The molecule has 0 radical (unpaired) electrons. The Labute approximate surface area is 105 Å². The molecule has 0 aromatic heterocycles. The lowest BCUT2D eigenvalue weighted by molar-refractivity contribution is -0.144. The zero-order valence-corrected chi connectivity index (χ0v) is 10.5. The smallest absolute Gasteiger partial charge is 0.323 e. The molecule has 0 heterocycles. The molecule has 18 heavy (non-hydrogen) atoms. The molecule has 3 nitrogen and oxygen atoms in total. The Bertz CT molecular complexity index is 437. The highest BCUT2D eigenvalue weighted by molar-refractivity contribution is 5.78. The van der Waals surface area contributed by atoms with Gasteiger partial charge in [-0.2, -0.15) is 0 Å². The van der Waals surface area contributed by atoms with Gasteiger partial charge in [-0.1, -0.05) is 13.3 Å². The number of carboxylic acid groups (broad SMARTS) is 1. The van der Waals surface area contributed by atoms with E-state index in [1.807, 2.05) is 6.92 Å². The number of rotatable bonds is 6. The van der Waals surface area contributed by atoms with Crippen LogP contribution in [0.5, 0.6) is 0 Å². The summed E-state index contributed by atoms with van der Waals surface area (Å²) < 4.78 is 26.3. The fraction of sp³-hybridized carbons (Fsp3) is 0.462. The van der Waals surface area contributed by atoms with E-state index >= 15 is 0 Å². The maximum atomic E-state index is 13.4.